The lowest BCUT2D eigenvalue weighted by Crippen LogP contribution is -2.61. The van der Waals surface area contributed by atoms with Crippen molar-refractivity contribution in [2.45, 2.75) is 63.3 Å². The van der Waals surface area contributed by atoms with Gasteiger partial charge >= 0.3 is 23.9 Å². The molecule has 13 heteroatoms. The van der Waals surface area contributed by atoms with Gasteiger partial charge in [-0.15, -0.1) is 11.8 Å². The van der Waals surface area contributed by atoms with Crippen molar-refractivity contribution in [3.05, 3.63) is 39.9 Å². The molecule has 186 valence electrons. The van der Waals surface area contributed by atoms with Crippen molar-refractivity contribution in [2.24, 2.45) is 0 Å². The van der Waals surface area contributed by atoms with Crippen molar-refractivity contribution < 1.29 is 47.8 Å². The Hall–Kier alpha value is -3.19. The fraction of sp³-hybridized carbons (Fsp3) is 0.524. The highest BCUT2D eigenvalue weighted by atomic mass is 32.2. The van der Waals surface area contributed by atoms with Crippen LogP contribution in [0.25, 0.3) is 0 Å². The van der Waals surface area contributed by atoms with Gasteiger partial charge in [-0.2, -0.15) is 0 Å². The Balaban J connectivity index is 2.34. The van der Waals surface area contributed by atoms with Crippen LogP contribution in [0.2, 0.25) is 0 Å². The zero-order chi connectivity index (χ0) is 25.4. The number of rotatable bonds is 9. The predicted molar refractivity (Wildman–Crippen MR) is 116 cm³/mol. The van der Waals surface area contributed by atoms with Gasteiger partial charge in [-0.25, -0.2) is 0 Å². The van der Waals surface area contributed by atoms with Crippen LogP contribution < -0.4 is 0 Å². The van der Waals surface area contributed by atoms with E-state index >= 15 is 0 Å². The molecule has 1 aromatic rings. The van der Waals surface area contributed by atoms with Crippen molar-refractivity contribution in [1.29, 1.82) is 0 Å². The summed E-state index contributed by atoms with van der Waals surface area (Å²) in [4.78, 5) is 57.1. The van der Waals surface area contributed by atoms with E-state index in [-0.39, 0.29) is 18.0 Å². The minimum absolute atomic E-state index is 0.0685. The quantitative estimate of drug-likeness (QED) is 0.211. The number of carbonyl (C=O) groups is 4. The largest absolute Gasteiger partial charge is 0.463 e. The van der Waals surface area contributed by atoms with Crippen LogP contribution in [0.3, 0.4) is 0 Å². The minimum Gasteiger partial charge on any atom is -0.463 e. The molecule has 0 amide bonds. The number of carbonyl (C=O) groups excluding carboxylic acids is 4. The molecule has 3 unspecified atom stereocenters. The molecule has 1 saturated heterocycles. The van der Waals surface area contributed by atoms with Crippen LogP contribution in [0.1, 0.15) is 33.3 Å². The van der Waals surface area contributed by atoms with Crippen LogP contribution >= 0.6 is 11.8 Å². The number of thioether (sulfide) groups is 1. The average Bonchev–Trinajstić information content (AvgIpc) is 2.73. The standard InChI is InChI=1S/C21H25NO11S/c1-11(23)29-9-17-18(30-12(2)24)19(31-13(3)25)20(32-14(4)26)21(33-17)34-10-15-5-7-16(8-6-15)22(27)28/h5-8,17-21H,9-10H2,1-4H3/t17?,18-,19?,20?,21+/m1/s1. The smallest absolute Gasteiger partial charge is 0.303 e. The van der Waals surface area contributed by atoms with E-state index in [0.29, 0.717) is 5.56 Å². The van der Waals surface area contributed by atoms with E-state index in [2.05, 4.69) is 0 Å². The molecule has 34 heavy (non-hydrogen) atoms. The summed E-state index contributed by atoms with van der Waals surface area (Å²) in [5.74, 6) is -2.44. The van der Waals surface area contributed by atoms with Gasteiger partial charge < -0.3 is 23.7 Å². The summed E-state index contributed by atoms with van der Waals surface area (Å²) in [6.45, 7) is 4.33. The Morgan fingerprint density at radius 3 is 1.91 bits per heavy atom. The van der Waals surface area contributed by atoms with E-state index in [1.54, 1.807) is 12.1 Å². The van der Waals surface area contributed by atoms with Crippen molar-refractivity contribution in [3.8, 4) is 0 Å². The maximum atomic E-state index is 11.8. The predicted octanol–water partition coefficient (Wildman–Crippen LogP) is 1.91. The Bertz CT molecular complexity index is 920. The highest BCUT2D eigenvalue weighted by Crippen LogP contribution is 2.35. The van der Waals surface area contributed by atoms with Crippen LogP contribution in [0.4, 0.5) is 5.69 Å². The second kappa shape index (κ2) is 12.3. The maximum absolute atomic E-state index is 11.8. The number of nitrogens with zero attached hydrogens (tertiary/aromatic N) is 1. The second-order valence-corrected chi connectivity index (χ2v) is 8.39. The first-order valence-electron chi connectivity index (χ1n) is 10.1. The molecule has 0 aliphatic carbocycles. The topological polar surface area (TPSA) is 158 Å². The summed E-state index contributed by atoms with van der Waals surface area (Å²) in [7, 11) is 0. The molecule has 1 aliphatic heterocycles. The number of non-ortho nitro benzene ring substituents is 1. The molecule has 1 aliphatic rings. The zero-order valence-corrected chi connectivity index (χ0v) is 19.8. The second-order valence-electron chi connectivity index (χ2n) is 7.30. The van der Waals surface area contributed by atoms with Gasteiger partial charge in [-0.3, -0.25) is 29.3 Å². The van der Waals surface area contributed by atoms with E-state index in [4.69, 9.17) is 23.7 Å². The summed E-state index contributed by atoms with van der Waals surface area (Å²) in [6, 6.07) is 5.83. The van der Waals surface area contributed by atoms with Gasteiger partial charge in [-0.05, 0) is 5.56 Å². The van der Waals surface area contributed by atoms with Gasteiger partial charge in [0.15, 0.2) is 18.3 Å². The van der Waals surface area contributed by atoms with Crippen LogP contribution in [0.15, 0.2) is 24.3 Å². The molecule has 0 radical (unpaired) electrons. The molecule has 1 heterocycles. The molecule has 0 saturated carbocycles. The van der Waals surface area contributed by atoms with E-state index in [1.807, 2.05) is 0 Å². The Morgan fingerprint density at radius 1 is 0.882 bits per heavy atom. The number of nitro groups is 1. The van der Waals surface area contributed by atoms with Crippen LogP contribution in [0.5, 0.6) is 0 Å². The molecule has 0 spiro atoms. The number of hydrogen-bond acceptors (Lipinski definition) is 12. The minimum atomic E-state index is -1.24. The first kappa shape index (κ1) is 27.1. The van der Waals surface area contributed by atoms with E-state index in [9.17, 15) is 29.3 Å². The first-order valence-corrected chi connectivity index (χ1v) is 11.2. The van der Waals surface area contributed by atoms with E-state index in [1.165, 1.54) is 19.1 Å². The van der Waals surface area contributed by atoms with Crippen molar-refractivity contribution in [2.75, 3.05) is 6.61 Å². The lowest BCUT2D eigenvalue weighted by Gasteiger charge is -2.44. The Labute approximate surface area is 199 Å². The van der Waals surface area contributed by atoms with Gasteiger partial charge in [0.1, 0.15) is 18.1 Å². The lowest BCUT2D eigenvalue weighted by atomic mass is 9.99. The average molecular weight is 499 g/mol. The molecule has 1 aromatic carbocycles. The molecule has 0 N–H and O–H groups in total. The number of esters is 4. The Kier molecular flexibility index (Phi) is 9.81. The van der Waals surface area contributed by atoms with Crippen LogP contribution in [-0.4, -0.2) is 65.3 Å². The van der Waals surface area contributed by atoms with Gasteiger partial charge in [0.25, 0.3) is 5.69 Å². The lowest BCUT2D eigenvalue weighted by molar-refractivity contribution is -0.384. The molecule has 2 rings (SSSR count). The van der Waals surface area contributed by atoms with Gasteiger partial charge in [-0.1, -0.05) is 12.1 Å². The number of hydrogen-bond donors (Lipinski definition) is 0. The maximum Gasteiger partial charge on any atom is 0.303 e. The van der Waals surface area contributed by atoms with E-state index in [0.717, 1.165) is 32.5 Å². The number of benzene rings is 1. The summed E-state index contributed by atoms with van der Waals surface area (Å²) < 4.78 is 27.1. The highest BCUT2D eigenvalue weighted by molar-refractivity contribution is 7.99. The number of nitro benzene ring substituents is 1. The molecule has 0 aromatic heterocycles. The van der Waals surface area contributed by atoms with Crippen molar-refractivity contribution >= 4 is 41.3 Å². The zero-order valence-electron chi connectivity index (χ0n) is 19.0. The SMILES string of the molecule is CC(=O)OCC1O[C@@H](SCc2ccc([N+](=O)[O-])cc2)C(OC(C)=O)C(OC(C)=O)[C@@H]1OC(C)=O. The first-order chi connectivity index (χ1) is 16.0. The normalized spacial score (nSPS) is 23.9. The molecule has 1 fully saturated rings. The third-order valence-electron chi connectivity index (χ3n) is 4.51. The van der Waals surface area contributed by atoms with Crippen LogP contribution in [-0.2, 0) is 48.6 Å². The van der Waals surface area contributed by atoms with Crippen LogP contribution in [0, 0.1) is 10.1 Å². The van der Waals surface area contributed by atoms with Gasteiger partial charge in [0, 0.05) is 45.6 Å². The third-order valence-corrected chi connectivity index (χ3v) is 5.72. The van der Waals surface area contributed by atoms with E-state index < -0.39 is 58.7 Å². The van der Waals surface area contributed by atoms with Gasteiger partial charge in [0.05, 0.1) is 4.92 Å². The van der Waals surface area contributed by atoms with Gasteiger partial charge in [0.2, 0.25) is 0 Å². The summed E-state index contributed by atoms with van der Waals surface area (Å²) in [6.07, 6.45) is -4.66. The monoisotopic (exact) mass is 499 g/mol. The molecular formula is C21H25NO11S. The number of ether oxygens (including phenoxy) is 5. The fourth-order valence-corrected chi connectivity index (χ4v) is 4.39. The molecule has 0 bridgehead atoms. The highest BCUT2D eigenvalue weighted by Gasteiger charge is 2.52. The Morgan fingerprint density at radius 2 is 1.41 bits per heavy atom. The fourth-order valence-electron chi connectivity index (χ4n) is 3.22. The van der Waals surface area contributed by atoms with Crippen molar-refractivity contribution in [1.82, 2.24) is 0 Å². The summed E-state index contributed by atoms with van der Waals surface area (Å²) in [5.41, 5.74) is -0.277. The summed E-state index contributed by atoms with van der Waals surface area (Å²) in [5, 5.41) is 10.9. The third kappa shape index (κ3) is 7.99. The summed E-state index contributed by atoms with van der Waals surface area (Å²) >= 11 is 1.16. The van der Waals surface area contributed by atoms with Crippen molar-refractivity contribution in [3.63, 3.8) is 0 Å². The molecular weight excluding hydrogens is 474 g/mol. The molecule has 12 nitrogen and oxygen atoms in total. The molecule has 5 atom stereocenters.